The van der Waals surface area contributed by atoms with Gasteiger partial charge in [-0.2, -0.15) is 0 Å². The molecular weight excluding hydrogens is 369 g/mol. The SMILES string of the molecule is Cl.Cl.O=C(C1CCCN1Cc1ccccc1)N1CCC2(CCNC2)CC1. The molecule has 3 aliphatic heterocycles. The molecule has 3 heterocycles. The van der Waals surface area contributed by atoms with Crippen LogP contribution in [0.5, 0.6) is 0 Å². The van der Waals surface area contributed by atoms with Crippen LogP contribution < -0.4 is 5.32 Å². The van der Waals surface area contributed by atoms with E-state index in [2.05, 4.69) is 45.4 Å². The molecule has 3 fully saturated rings. The Morgan fingerprint density at radius 1 is 1.08 bits per heavy atom. The number of benzene rings is 1. The number of carbonyl (C=O) groups excluding carboxylic acids is 1. The Hall–Kier alpha value is -0.810. The molecule has 1 spiro atoms. The predicted octanol–water partition coefficient (Wildman–Crippen LogP) is 3.10. The molecule has 1 atom stereocenters. The fourth-order valence-corrected chi connectivity index (χ4v) is 4.75. The van der Waals surface area contributed by atoms with Crippen molar-refractivity contribution >= 4 is 30.7 Å². The molecule has 0 aromatic heterocycles. The van der Waals surface area contributed by atoms with Crippen molar-refractivity contribution in [1.82, 2.24) is 15.1 Å². The van der Waals surface area contributed by atoms with E-state index in [1.807, 2.05) is 0 Å². The van der Waals surface area contributed by atoms with Gasteiger partial charge in [0, 0.05) is 26.2 Å². The van der Waals surface area contributed by atoms with Crippen molar-refractivity contribution in [3.63, 3.8) is 0 Å². The molecule has 4 nitrogen and oxygen atoms in total. The van der Waals surface area contributed by atoms with Crippen LogP contribution in [-0.4, -0.2) is 54.5 Å². The normalized spacial score (nSPS) is 24.9. The highest BCUT2D eigenvalue weighted by atomic mass is 35.5. The average molecular weight is 400 g/mol. The predicted molar refractivity (Wildman–Crippen MR) is 110 cm³/mol. The van der Waals surface area contributed by atoms with E-state index in [0.29, 0.717) is 11.3 Å². The first-order chi connectivity index (χ1) is 11.8. The fourth-order valence-electron chi connectivity index (χ4n) is 4.75. The zero-order chi connectivity index (χ0) is 16.4. The maximum absolute atomic E-state index is 13.1. The summed E-state index contributed by atoms with van der Waals surface area (Å²) >= 11 is 0. The van der Waals surface area contributed by atoms with E-state index in [-0.39, 0.29) is 30.9 Å². The highest BCUT2D eigenvalue weighted by molar-refractivity contribution is 5.85. The first-order valence-electron chi connectivity index (χ1n) is 9.53. The van der Waals surface area contributed by atoms with Crippen LogP contribution in [0.2, 0.25) is 0 Å². The summed E-state index contributed by atoms with van der Waals surface area (Å²) in [5.41, 5.74) is 1.79. The lowest BCUT2D eigenvalue weighted by Crippen LogP contribution is -2.50. The van der Waals surface area contributed by atoms with Crippen LogP contribution in [-0.2, 0) is 11.3 Å². The van der Waals surface area contributed by atoms with Crippen molar-refractivity contribution in [2.75, 3.05) is 32.7 Å². The van der Waals surface area contributed by atoms with E-state index in [1.165, 1.54) is 24.8 Å². The summed E-state index contributed by atoms with van der Waals surface area (Å²) < 4.78 is 0. The van der Waals surface area contributed by atoms with Crippen LogP contribution in [0.4, 0.5) is 0 Å². The lowest BCUT2D eigenvalue weighted by molar-refractivity contribution is -0.138. The van der Waals surface area contributed by atoms with Crippen LogP contribution in [0.25, 0.3) is 0 Å². The minimum atomic E-state index is 0. The molecule has 1 amide bonds. The number of rotatable bonds is 3. The molecule has 1 unspecified atom stereocenters. The van der Waals surface area contributed by atoms with Gasteiger partial charge in [0.25, 0.3) is 0 Å². The summed E-state index contributed by atoms with van der Waals surface area (Å²) in [5, 5.41) is 3.50. The minimum Gasteiger partial charge on any atom is -0.341 e. The number of amides is 1. The lowest BCUT2D eigenvalue weighted by Gasteiger charge is -2.40. The standard InChI is InChI=1S/C20H29N3O.2ClH/c24-19(22-13-9-20(10-14-22)8-11-21-16-20)18-7-4-12-23(18)15-17-5-2-1-3-6-17;;/h1-3,5-6,18,21H,4,7-16H2;2*1H. The largest absolute Gasteiger partial charge is 0.341 e. The molecule has 146 valence electrons. The summed E-state index contributed by atoms with van der Waals surface area (Å²) in [7, 11) is 0. The number of carbonyl (C=O) groups is 1. The van der Waals surface area contributed by atoms with E-state index in [9.17, 15) is 4.79 Å². The average Bonchev–Trinajstić information content (AvgIpc) is 3.26. The lowest BCUT2D eigenvalue weighted by atomic mass is 9.77. The first kappa shape index (κ1) is 21.5. The zero-order valence-electron chi connectivity index (χ0n) is 15.4. The van der Waals surface area contributed by atoms with Crippen molar-refractivity contribution in [2.24, 2.45) is 5.41 Å². The monoisotopic (exact) mass is 399 g/mol. The molecule has 3 aliphatic rings. The number of likely N-dealkylation sites (tertiary alicyclic amines) is 2. The molecule has 26 heavy (non-hydrogen) atoms. The summed E-state index contributed by atoms with van der Waals surface area (Å²) in [6, 6.07) is 10.7. The topological polar surface area (TPSA) is 35.6 Å². The number of nitrogens with zero attached hydrogens (tertiary/aromatic N) is 2. The van der Waals surface area contributed by atoms with Gasteiger partial charge in [-0.05, 0) is 56.2 Å². The van der Waals surface area contributed by atoms with Gasteiger partial charge >= 0.3 is 0 Å². The van der Waals surface area contributed by atoms with E-state index < -0.39 is 0 Å². The van der Waals surface area contributed by atoms with Crippen molar-refractivity contribution in [2.45, 2.75) is 44.7 Å². The molecular formula is C20H31Cl2N3O. The van der Waals surface area contributed by atoms with E-state index >= 15 is 0 Å². The van der Waals surface area contributed by atoms with Crippen LogP contribution in [0.1, 0.15) is 37.7 Å². The van der Waals surface area contributed by atoms with Gasteiger partial charge < -0.3 is 10.2 Å². The Kier molecular flexibility index (Phi) is 7.77. The molecule has 0 aliphatic carbocycles. The van der Waals surface area contributed by atoms with Crippen molar-refractivity contribution in [1.29, 1.82) is 0 Å². The maximum atomic E-state index is 13.1. The third kappa shape index (κ3) is 4.53. The summed E-state index contributed by atoms with van der Waals surface area (Å²) in [6.07, 6.45) is 5.81. The number of nitrogens with one attached hydrogen (secondary N) is 1. The Labute approximate surface area is 169 Å². The van der Waals surface area contributed by atoms with Crippen molar-refractivity contribution in [3.8, 4) is 0 Å². The molecule has 4 rings (SSSR count). The second-order valence-corrected chi connectivity index (χ2v) is 7.87. The van der Waals surface area contributed by atoms with E-state index in [4.69, 9.17) is 0 Å². The molecule has 3 saturated heterocycles. The second kappa shape index (κ2) is 9.41. The van der Waals surface area contributed by atoms with Gasteiger partial charge in [-0.25, -0.2) is 0 Å². The highest BCUT2D eigenvalue weighted by Gasteiger charge is 2.40. The Morgan fingerprint density at radius 2 is 1.81 bits per heavy atom. The number of hydrogen-bond donors (Lipinski definition) is 1. The zero-order valence-corrected chi connectivity index (χ0v) is 17.0. The summed E-state index contributed by atoms with van der Waals surface area (Å²) in [6.45, 7) is 6.17. The molecule has 1 aromatic carbocycles. The Balaban J connectivity index is 0.00000121. The molecule has 6 heteroatoms. The Morgan fingerprint density at radius 3 is 2.46 bits per heavy atom. The van der Waals surface area contributed by atoms with Crippen LogP contribution in [0.3, 0.4) is 0 Å². The van der Waals surface area contributed by atoms with E-state index in [1.54, 1.807) is 0 Å². The molecule has 1 N–H and O–H groups in total. The number of piperidine rings is 1. The third-order valence-corrected chi connectivity index (χ3v) is 6.35. The molecule has 0 saturated carbocycles. The highest BCUT2D eigenvalue weighted by Crippen LogP contribution is 2.37. The first-order valence-corrected chi connectivity index (χ1v) is 9.53. The van der Waals surface area contributed by atoms with Gasteiger partial charge in [-0.1, -0.05) is 30.3 Å². The van der Waals surface area contributed by atoms with Gasteiger partial charge in [0.2, 0.25) is 5.91 Å². The second-order valence-electron chi connectivity index (χ2n) is 7.87. The van der Waals surface area contributed by atoms with Gasteiger partial charge in [-0.3, -0.25) is 9.69 Å². The van der Waals surface area contributed by atoms with Crippen LogP contribution in [0, 0.1) is 5.41 Å². The van der Waals surface area contributed by atoms with Crippen LogP contribution in [0.15, 0.2) is 30.3 Å². The van der Waals surface area contributed by atoms with Gasteiger partial charge in [0.1, 0.15) is 0 Å². The Bertz CT molecular complexity index is 568. The summed E-state index contributed by atoms with van der Waals surface area (Å²) in [4.78, 5) is 17.6. The number of halogens is 2. The molecule has 0 bridgehead atoms. The van der Waals surface area contributed by atoms with Gasteiger partial charge in [0.15, 0.2) is 0 Å². The van der Waals surface area contributed by atoms with E-state index in [0.717, 1.165) is 52.1 Å². The maximum Gasteiger partial charge on any atom is 0.239 e. The van der Waals surface area contributed by atoms with Gasteiger partial charge in [0.05, 0.1) is 6.04 Å². The van der Waals surface area contributed by atoms with Gasteiger partial charge in [-0.15, -0.1) is 24.8 Å². The van der Waals surface area contributed by atoms with Crippen molar-refractivity contribution in [3.05, 3.63) is 35.9 Å². The minimum absolute atomic E-state index is 0. The third-order valence-electron chi connectivity index (χ3n) is 6.35. The number of hydrogen-bond acceptors (Lipinski definition) is 3. The fraction of sp³-hybridized carbons (Fsp3) is 0.650. The van der Waals surface area contributed by atoms with Crippen LogP contribution >= 0.6 is 24.8 Å². The molecule has 1 aromatic rings. The smallest absolute Gasteiger partial charge is 0.239 e. The molecule has 0 radical (unpaired) electrons. The summed E-state index contributed by atoms with van der Waals surface area (Å²) in [5.74, 6) is 0.379. The van der Waals surface area contributed by atoms with Crippen molar-refractivity contribution < 1.29 is 4.79 Å². The quantitative estimate of drug-likeness (QED) is 0.847.